The number of methoxy groups -OCH3 is 1. The second kappa shape index (κ2) is 4.49. The van der Waals surface area contributed by atoms with Crippen LogP contribution in [0.1, 0.15) is 11.3 Å². The summed E-state index contributed by atoms with van der Waals surface area (Å²) in [6.07, 6.45) is 2.46. The highest BCUT2D eigenvalue weighted by atomic mass is 79.9. The molecule has 1 aromatic heterocycles. The Morgan fingerprint density at radius 2 is 2.20 bits per heavy atom. The van der Waals surface area contributed by atoms with Crippen molar-refractivity contribution in [1.82, 2.24) is 9.97 Å². The Hall–Kier alpha value is -1.29. The van der Waals surface area contributed by atoms with Crippen LogP contribution in [0.15, 0.2) is 35.2 Å². The SMILES string of the molecule is COc1ccccc1Cc1[nH]cnc1Br. The average molecular weight is 267 g/mol. The van der Waals surface area contributed by atoms with E-state index in [0.717, 1.165) is 28.0 Å². The zero-order valence-electron chi connectivity index (χ0n) is 8.33. The van der Waals surface area contributed by atoms with Gasteiger partial charge in [0.05, 0.1) is 19.1 Å². The molecule has 0 unspecified atom stereocenters. The predicted molar refractivity (Wildman–Crippen MR) is 62.1 cm³/mol. The second-order valence-corrected chi connectivity index (χ2v) is 3.91. The molecule has 0 saturated heterocycles. The van der Waals surface area contributed by atoms with Gasteiger partial charge in [-0.05, 0) is 22.0 Å². The summed E-state index contributed by atoms with van der Waals surface area (Å²) in [6.45, 7) is 0. The van der Waals surface area contributed by atoms with Crippen LogP contribution in [0, 0.1) is 0 Å². The minimum Gasteiger partial charge on any atom is -0.496 e. The normalized spacial score (nSPS) is 10.3. The number of imidazole rings is 1. The molecular weight excluding hydrogens is 256 g/mol. The van der Waals surface area contributed by atoms with Gasteiger partial charge in [0.15, 0.2) is 0 Å². The van der Waals surface area contributed by atoms with Crippen molar-refractivity contribution in [3.8, 4) is 5.75 Å². The molecule has 0 spiro atoms. The molecule has 0 aliphatic rings. The second-order valence-electron chi connectivity index (χ2n) is 3.16. The molecule has 1 N–H and O–H groups in total. The Bertz CT molecular complexity index is 453. The Kier molecular flexibility index (Phi) is 3.06. The van der Waals surface area contributed by atoms with Gasteiger partial charge in [0, 0.05) is 12.0 Å². The van der Waals surface area contributed by atoms with Crippen molar-refractivity contribution >= 4 is 15.9 Å². The van der Waals surface area contributed by atoms with E-state index >= 15 is 0 Å². The van der Waals surface area contributed by atoms with Crippen molar-refractivity contribution < 1.29 is 4.74 Å². The van der Waals surface area contributed by atoms with E-state index in [2.05, 4.69) is 25.9 Å². The number of nitrogens with zero attached hydrogens (tertiary/aromatic N) is 1. The van der Waals surface area contributed by atoms with Gasteiger partial charge < -0.3 is 9.72 Å². The van der Waals surface area contributed by atoms with Gasteiger partial charge >= 0.3 is 0 Å². The number of aromatic nitrogens is 2. The molecule has 2 rings (SSSR count). The number of aromatic amines is 1. The number of para-hydroxylation sites is 1. The summed E-state index contributed by atoms with van der Waals surface area (Å²) >= 11 is 3.39. The van der Waals surface area contributed by atoms with Crippen molar-refractivity contribution in [2.24, 2.45) is 0 Å². The number of benzene rings is 1. The third-order valence-electron chi connectivity index (χ3n) is 2.23. The molecule has 2 aromatic rings. The van der Waals surface area contributed by atoms with Crippen LogP contribution in [0.4, 0.5) is 0 Å². The Morgan fingerprint density at radius 1 is 1.40 bits per heavy atom. The number of hydrogen-bond donors (Lipinski definition) is 1. The lowest BCUT2D eigenvalue weighted by molar-refractivity contribution is 0.410. The molecular formula is C11H11BrN2O. The first-order valence-corrected chi connectivity index (χ1v) is 5.40. The first-order chi connectivity index (χ1) is 7.31. The maximum absolute atomic E-state index is 5.28. The zero-order valence-corrected chi connectivity index (χ0v) is 9.91. The molecule has 78 valence electrons. The molecule has 0 aliphatic carbocycles. The van der Waals surface area contributed by atoms with E-state index in [0.29, 0.717) is 0 Å². The lowest BCUT2D eigenvalue weighted by Crippen LogP contribution is -1.94. The Morgan fingerprint density at radius 3 is 2.87 bits per heavy atom. The van der Waals surface area contributed by atoms with Crippen molar-refractivity contribution in [3.05, 3.63) is 46.5 Å². The quantitative estimate of drug-likeness (QED) is 0.928. The highest BCUT2D eigenvalue weighted by molar-refractivity contribution is 9.10. The van der Waals surface area contributed by atoms with Gasteiger partial charge in [-0.2, -0.15) is 0 Å². The lowest BCUT2D eigenvalue weighted by Gasteiger charge is -2.06. The summed E-state index contributed by atoms with van der Waals surface area (Å²) in [4.78, 5) is 7.18. The standard InChI is InChI=1S/C11H11BrN2O/c1-15-10-5-3-2-4-8(10)6-9-11(12)14-7-13-9/h2-5,7H,6H2,1H3,(H,13,14). The molecule has 0 saturated carbocycles. The molecule has 3 nitrogen and oxygen atoms in total. The van der Waals surface area contributed by atoms with Crippen LogP contribution in [-0.2, 0) is 6.42 Å². The van der Waals surface area contributed by atoms with E-state index in [1.807, 2.05) is 24.3 Å². The molecule has 0 fully saturated rings. The molecule has 0 atom stereocenters. The number of halogens is 1. The van der Waals surface area contributed by atoms with Crippen molar-refractivity contribution in [2.45, 2.75) is 6.42 Å². The molecule has 15 heavy (non-hydrogen) atoms. The molecule has 1 aromatic carbocycles. The van der Waals surface area contributed by atoms with Crippen LogP contribution >= 0.6 is 15.9 Å². The minimum atomic E-state index is 0.782. The van der Waals surface area contributed by atoms with Gasteiger partial charge in [0.2, 0.25) is 0 Å². The van der Waals surface area contributed by atoms with Crippen LogP contribution in [0.25, 0.3) is 0 Å². The number of H-pyrrole nitrogens is 1. The third kappa shape index (κ3) is 2.21. The largest absolute Gasteiger partial charge is 0.496 e. The van der Waals surface area contributed by atoms with Crippen LogP contribution in [0.3, 0.4) is 0 Å². The maximum atomic E-state index is 5.28. The third-order valence-corrected chi connectivity index (χ3v) is 2.91. The van der Waals surface area contributed by atoms with Gasteiger partial charge in [-0.25, -0.2) is 4.98 Å². The Balaban J connectivity index is 2.28. The van der Waals surface area contributed by atoms with Gasteiger partial charge in [-0.15, -0.1) is 0 Å². The molecule has 0 bridgehead atoms. The van der Waals surface area contributed by atoms with E-state index in [1.54, 1.807) is 13.4 Å². The monoisotopic (exact) mass is 266 g/mol. The van der Waals surface area contributed by atoms with Crippen LogP contribution in [0.2, 0.25) is 0 Å². The van der Waals surface area contributed by atoms with Crippen molar-refractivity contribution in [3.63, 3.8) is 0 Å². The van der Waals surface area contributed by atoms with Gasteiger partial charge in [0.25, 0.3) is 0 Å². The van der Waals surface area contributed by atoms with E-state index in [9.17, 15) is 0 Å². The van der Waals surface area contributed by atoms with Gasteiger partial charge in [0.1, 0.15) is 10.4 Å². The zero-order chi connectivity index (χ0) is 10.7. The fourth-order valence-electron chi connectivity index (χ4n) is 1.47. The molecule has 1 heterocycles. The van der Waals surface area contributed by atoms with E-state index in [1.165, 1.54) is 0 Å². The van der Waals surface area contributed by atoms with Gasteiger partial charge in [-0.3, -0.25) is 0 Å². The first kappa shape index (κ1) is 10.2. The van der Waals surface area contributed by atoms with Crippen LogP contribution < -0.4 is 4.74 Å². The summed E-state index contributed by atoms with van der Waals surface area (Å²) < 4.78 is 6.14. The fourth-order valence-corrected chi connectivity index (χ4v) is 1.82. The van der Waals surface area contributed by atoms with E-state index in [-0.39, 0.29) is 0 Å². The summed E-state index contributed by atoms with van der Waals surface area (Å²) in [5.74, 6) is 0.902. The van der Waals surface area contributed by atoms with Gasteiger partial charge in [-0.1, -0.05) is 18.2 Å². The summed E-state index contributed by atoms with van der Waals surface area (Å²) in [7, 11) is 1.68. The molecule has 0 aliphatic heterocycles. The predicted octanol–water partition coefficient (Wildman–Crippen LogP) is 2.77. The van der Waals surface area contributed by atoms with Crippen molar-refractivity contribution in [1.29, 1.82) is 0 Å². The topological polar surface area (TPSA) is 37.9 Å². The number of rotatable bonds is 3. The number of nitrogens with one attached hydrogen (secondary N) is 1. The number of ether oxygens (including phenoxy) is 1. The Labute approximate surface area is 96.6 Å². The van der Waals surface area contributed by atoms with E-state index < -0.39 is 0 Å². The average Bonchev–Trinajstić information content (AvgIpc) is 2.65. The smallest absolute Gasteiger partial charge is 0.127 e. The van der Waals surface area contributed by atoms with Crippen LogP contribution in [-0.4, -0.2) is 17.1 Å². The summed E-state index contributed by atoms with van der Waals surface area (Å²) in [5, 5.41) is 0. The fraction of sp³-hybridized carbons (Fsp3) is 0.182. The minimum absolute atomic E-state index is 0.782. The van der Waals surface area contributed by atoms with Crippen LogP contribution in [0.5, 0.6) is 5.75 Å². The van der Waals surface area contributed by atoms with E-state index in [4.69, 9.17) is 4.74 Å². The lowest BCUT2D eigenvalue weighted by atomic mass is 10.1. The number of hydrogen-bond acceptors (Lipinski definition) is 2. The summed E-state index contributed by atoms with van der Waals surface area (Å²) in [6, 6.07) is 7.97. The van der Waals surface area contributed by atoms with Crippen molar-refractivity contribution in [2.75, 3.05) is 7.11 Å². The first-order valence-electron chi connectivity index (χ1n) is 4.61. The molecule has 4 heteroatoms. The highest BCUT2D eigenvalue weighted by Crippen LogP contribution is 2.22. The summed E-state index contributed by atoms with van der Waals surface area (Å²) in [5.41, 5.74) is 2.20. The highest BCUT2D eigenvalue weighted by Gasteiger charge is 2.07. The molecule has 0 amide bonds. The molecule has 0 radical (unpaired) electrons. The maximum Gasteiger partial charge on any atom is 0.127 e.